The van der Waals surface area contributed by atoms with Crippen molar-refractivity contribution >= 4 is 17.3 Å². The molecule has 1 aliphatic heterocycles. The fraction of sp³-hybridized carbons (Fsp3) is 0.0667. The summed E-state index contributed by atoms with van der Waals surface area (Å²) in [5, 5.41) is 10.7. The molecule has 1 fully saturated rings. The highest BCUT2D eigenvalue weighted by Crippen LogP contribution is 2.16. The molecule has 0 aliphatic carbocycles. The van der Waals surface area contributed by atoms with E-state index in [0.717, 1.165) is 16.8 Å². The van der Waals surface area contributed by atoms with Crippen molar-refractivity contribution in [2.24, 2.45) is 0 Å². The molecule has 2 aromatic carbocycles. The number of nitro benzene ring substituents is 1. The molecule has 1 aliphatic rings. The molecule has 0 saturated carbocycles. The van der Waals surface area contributed by atoms with Crippen LogP contribution in [0.4, 0.5) is 5.69 Å². The number of carbonyl (C=O) groups is 1. The number of hydrogen-bond acceptors (Lipinski definition) is 3. The van der Waals surface area contributed by atoms with Gasteiger partial charge < -0.3 is 0 Å². The first-order valence-corrected chi connectivity index (χ1v) is 6.39. The molecule has 0 unspecified atom stereocenters. The average molecular weight is 282 g/mol. The maximum Gasteiger partial charge on any atom is 0.342 e. The molecule has 0 aromatic heterocycles. The third-order valence-electron chi connectivity index (χ3n) is 3.23. The van der Waals surface area contributed by atoms with E-state index in [0.29, 0.717) is 0 Å². The van der Waals surface area contributed by atoms with Crippen LogP contribution in [0.25, 0.3) is 0 Å². The van der Waals surface area contributed by atoms with Gasteiger partial charge in [-0.25, -0.2) is 0 Å². The molecule has 104 valence electrons. The lowest BCUT2D eigenvalue weighted by molar-refractivity contribution is -0.601. The van der Waals surface area contributed by atoms with Crippen molar-refractivity contribution in [2.45, 2.75) is 0 Å². The molecule has 1 heterocycles. The number of amides is 1. The summed E-state index contributed by atoms with van der Waals surface area (Å²) in [5.74, 6) is -0.0506. The second-order valence-electron chi connectivity index (χ2n) is 4.64. The number of carbonyl (C=O) groups excluding carboxylic acids is 1. The summed E-state index contributed by atoms with van der Waals surface area (Å²) in [6, 6.07) is 15.9. The highest BCUT2D eigenvalue weighted by molar-refractivity contribution is 6.10. The van der Waals surface area contributed by atoms with Gasteiger partial charge in [0.2, 0.25) is 5.71 Å². The molecule has 6 heteroatoms. The summed E-state index contributed by atoms with van der Waals surface area (Å²) in [7, 11) is 0. The van der Waals surface area contributed by atoms with E-state index in [-0.39, 0.29) is 18.1 Å². The SMILES string of the molecule is O=C1C/[N+](=C(\c2ccccc2)c2ccc([N+](=O)[O-])cc2)N1. The molecule has 2 aromatic rings. The first-order valence-electron chi connectivity index (χ1n) is 6.39. The van der Waals surface area contributed by atoms with Gasteiger partial charge >= 0.3 is 5.91 Å². The number of nitrogens with one attached hydrogen (secondary N) is 1. The molecule has 0 bridgehead atoms. The van der Waals surface area contributed by atoms with Crippen LogP contribution in [0.1, 0.15) is 11.1 Å². The fourth-order valence-electron chi connectivity index (χ4n) is 2.23. The van der Waals surface area contributed by atoms with Crippen LogP contribution < -0.4 is 5.43 Å². The van der Waals surface area contributed by atoms with E-state index in [1.165, 1.54) is 12.1 Å². The van der Waals surface area contributed by atoms with Gasteiger partial charge in [-0.2, -0.15) is 0 Å². The highest BCUT2D eigenvalue weighted by Gasteiger charge is 2.33. The maximum atomic E-state index is 11.2. The quantitative estimate of drug-likeness (QED) is 0.526. The van der Waals surface area contributed by atoms with E-state index in [9.17, 15) is 14.9 Å². The lowest BCUT2D eigenvalue weighted by atomic mass is 10.0. The van der Waals surface area contributed by atoms with Crippen LogP contribution in [0.2, 0.25) is 0 Å². The Morgan fingerprint density at radius 3 is 2.14 bits per heavy atom. The topological polar surface area (TPSA) is 75.2 Å². The second-order valence-corrected chi connectivity index (χ2v) is 4.64. The van der Waals surface area contributed by atoms with Gasteiger partial charge in [-0.15, -0.1) is 5.43 Å². The summed E-state index contributed by atoms with van der Waals surface area (Å²) >= 11 is 0. The maximum absolute atomic E-state index is 11.2. The molecular formula is C15H12N3O3+. The second kappa shape index (κ2) is 5.16. The van der Waals surface area contributed by atoms with Gasteiger partial charge in [0.1, 0.15) is 0 Å². The van der Waals surface area contributed by atoms with Crippen LogP contribution in [0.5, 0.6) is 0 Å². The zero-order valence-electron chi connectivity index (χ0n) is 11.0. The molecule has 1 N–H and O–H groups in total. The Bertz CT molecular complexity index is 727. The zero-order chi connectivity index (χ0) is 14.8. The molecule has 6 nitrogen and oxygen atoms in total. The highest BCUT2D eigenvalue weighted by atomic mass is 16.6. The summed E-state index contributed by atoms with van der Waals surface area (Å²) in [6.07, 6.45) is 0. The minimum absolute atomic E-state index is 0.0406. The Morgan fingerprint density at radius 2 is 1.62 bits per heavy atom. The van der Waals surface area contributed by atoms with E-state index in [2.05, 4.69) is 5.43 Å². The minimum Gasteiger partial charge on any atom is -0.262 e. The van der Waals surface area contributed by atoms with Crippen molar-refractivity contribution < 1.29 is 14.4 Å². The first kappa shape index (κ1) is 13.0. The number of non-ortho nitro benzene ring substituents is 1. The number of benzene rings is 2. The van der Waals surface area contributed by atoms with Crippen molar-refractivity contribution in [3.63, 3.8) is 0 Å². The van der Waals surface area contributed by atoms with Gasteiger partial charge in [0.05, 0.1) is 4.92 Å². The van der Waals surface area contributed by atoms with E-state index in [4.69, 9.17) is 0 Å². The van der Waals surface area contributed by atoms with Gasteiger partial charge in [-0.1, -0.05) is 22.9 Å². The van der Waals surface area contributed by atoms with E-state index < -0.39 is 4.92 Å². The van der Waals surface area contributed by atoms with Gasteiger partial charge in [0.25, 0.3) is 12.2 Å². The molecule has 21 heavy (non-hydrogen) atoms. The fourth-order valence-corrected chi connectivity index (χ4v) is 2.23. The molecular weight excluding hydrogens is 270 g/mol. The average Bonchev–Trinajstić information content (AvgIpc) is 2.47. The first-order chi connectivity index (χ1) is 10.1. The third kappa shape index (κ3) is 2.51. The molecule has 1 saturated heterocycles. The summed E-state index contributed by atoms with van der Waals surface area (Å²) in [6.45, 7) is 0.279. The molecule has 1 amide bonds. The Hall–Kier alpha value is -3.02. The summed E-state index contributed by atoms with van der Waals surface area (Å²) in [5.41, 5.74) is 5.31. The Labute approximate surface area is 120 Å². The van der Waals surface area contributed by atoms with Crippen molar-refractivity contribution in [3.05, 3.63) is 75.8 Å². The smallest absolute Gasteiger partial charge is 0.262 e. The number of nitro groups is 1. The van der Waals surface area contributed by atoms with Crippen LogP contribution in [-0.4, -0.2) is 27.8 Å². The van der Waals surface area contributed by atoms with Gasteiger partial charge in [-0.3, -0.25) is 14.9 Å². The van der Waals surface area contributed by atoms with Crippen LogP contribution in [0.3, 0.4) is 0 Å². The number of nitrogens with zero attached hydrogens (tertiary/aromatic N) is 2. The number of hydrazone groups is 1. The zero-order valence-corrected chi connectivity index (χ0v) is 11.0. The molecule has 3 rings (SSSR count). The van der Waals surface area contributed by atoms with Crippen molar-refractivity contribution in [1.82, 2.24) is 5.43 Å². The van der Waals surface area contributed by atoms with Crippen LogP contribution in [0.15, 0.2) is 54.6 Å². The summed E-state index contributed by atoms with van der Waals surface area (Å²) < 4.78 is 1.73. The number of hydrogen-bond donors (Lipinski definition) is 1. The van der Waals surface area contributed by atoms with Gasteiger partial charge in [0.15, 0.2) is 0 Å². The molecule has 0 spiro atoms. The Morgan fingerprint density at radius 1 is 1.05 bits per heavy atom. The largest absolute Gasteiger partial charge is 0.342 e. The van der Waals surface area contributed by atoms with Crippen LogP contribution in [0, 0.1) is 10.1 Å². The minimum atomic E-state index is -0.433. The summed E-state index contributed by atoms with van der Waals surface area (Å²) in [4.78, 5) is 21.5. The number of rotatable bonds is 3. The van der Waals surface area contributed by atoms with E-state index >= 15 is 0 Å². The lowest BCUT2D eigenvalue weighted by Gasteiger charge is -2.15. The Kier molecular flexibility index (Phi) is 3.19. The van der Waals surface area contributed by atoms with E-state index in [1.54, 1.807) is 16.8 Å². The van der Waals surface area contributed by atoms with Crippen LogP contribution >= 0.6 is 0 Å². The normalized spacial score (nSPS) is 15.9. The van der Waals surface area contributed by atoms with Crippen molar-refractivity contribution in [3.8, 4) is 0 Å². The Balaban J connectivity index is 2.06. The van der Waals surface area contributed by atoms with Crippen LogP contribution in [-0.2, 0) is 4.79 Å². The number of hydrazine groups is 1. The predicted molar refractivity (Wildman–Crippen MR) is 76.0 cm³/mol. The van der Waals surface area contributed by atoms with Gasteiger partial charge in [-0.05, 0) is 24.3 Å². The lowest BCUT2D eigenvalue weighted by Crippen LogP contribution is -2.55. The van der Waals surface area contributed by atoms with Gasteiger partial charge in [0, 0.05) is 23.3 Å². The standard InChI is InChI=1S/C15H11N3O3/c19-14-10-17(16-14)15(11-4-2-1-3-5-11)12-6-8-13(9-7-12)18(20)21/h1-9H,10H2/p+1/b17-15-. The van der Waals surface area contributed by atoms with Crippen molar-refractivity contribution in [1.29, 1.82) is 0 Å². The van der Waals surface area contributed by atoms with E-state index in [1.807, 2.05) is 30.3 Å². The molecule has 0 atom stereocenters. The monoisotopic (exact) mass is 282 g/mol. The predicted octanol–water partition coefficient (Wildman–Crippen LogP) is 1.49. The third-order valence-corrected chi connectivity index (χ3v) is 3.23. The van der Waals surface area contributed by atoms with Crippen molar-refractivity contribution in [2.75, 3.05) is 6.54 Å². The molecule has 0 radical (unpaired) electrons.